The van der Waals surface area contributed by atoms with E-state index in [0.717, 1.165) is 5.56 Å². The molecule has 1 aromatic carbocycles. The van der Waals surface area contributed by atoms with Gasteiger partial charge < -0.3 is 10.5 Å². The van der Waals surface area contributed by atoms with Gasteiger partial charge in [-0.3, -0.25) is 9.59 Å². The molecule has 0 saturated carbocycles. The Balaban J connectivity index is 2.06. The summed E-state index contributed by atoms with van der Waals surface area (Å²) in [5, 5.41) is 0. The van der Waals surface area contributed by atoms with Crippen LogP contribution >= 0.6 is 0 Å². The van der Waals surface area contributed by atoms with Crippen molar-refractivity contribution in [2.24, 2.45) is 5.73 Å². The average molecular weight is 260 g/mol. The summed E-state index contributed by atoms with van der Waals surface area (Å²) in [5.74, 6) is -0.543. The van der Waals surface area contributed by atoms with E-state index in [1.807, 2.05) is 19.1 Å². The Morgan fingerprint density at radius 2 is 1.79 bits per heavy atom. The minimum atomic E-state index is -0.483. The Kier molecular flexibility index (Phi) is 2.88. The maximum atomic E-state index is 12.3. The van der Waals surface area contributed by atoms with Gasteiger partial charge in [-0.25, -0.2) is 4.90 Å². The Morgan fingerprint density at radius 1 is 1.21 bits per heavy atom. The number of nitrogens with two attached hydrogens (primary N) is 1. The molecular weight excluding hydrogens is 244 g/mol. The van der Waals surface area contributed by atoms with Crippen LogP contribution in [0.25, 0.3) is 0 Å². The molecule has 2 amide bonds. The summed E-state index contributed by atoms with van der Waals surface area (Å²) in [6.45, 7) is 1.84. The highest BCUT2D eigenvalue weighted by Crippen LogP contribution is 2.34. The molecule has 2 bridgehead atoms. The average Bonchev–Trinajstić information content (AvgIpc) is 2.84. The fourth-order valence-corrected chi connectivity index (χ4v) is 2.71. The molecule has 2 saturated heterocycles. The third kappa shape index (κ3) is 1.86. The second-order valence-electron chi connectivity index (χ2n) is 5.05. The van der Waals surface area contributed by atoms with Crippen molar-refractivity contribution in [2.75, 3.05) is 4.90 Å². The molecule has 2 aliphatic rings. The van der Waals surface area contributed by atoms with Crippen molar-refractivity contribution in [3.8, 4) is 0 Å². The Hall–Kier alpha value is -1.72. The van der Waals surface area contributed by atoms with E-state index in [0.29, 0.717) is 18.5 Å². The number of anilines is 1. The van der Waals surface area contributed by atoms with Crippen molar-refractivity contribution in [3.63, 3.8) is 0 Å². The smallest absolute Gasteiger partial charge is 0.262 e. The number of ether oxygens (including phenoxy) is 1. The van der Waals surface area contributed by atoms with Crippen molar-refractivity contribution in [2.45, 2.75) is 38.0 Å². The topological polar surface area (TPSA) is 72.6 Å². The third-order valence-electron chi connectivity index (χ3n) is 3.68. The predicted molar refractivity (Wildman–Crippen MR) is 69.4 cm³/mol. The maximum Gasteiger partial charge on any atom is 0.262 e. The molecule has 0 spiro atoms. The van der Waals surface area contributed by atoms with Crippen LogP contribution in [0.2, 0.25) is 0 Å². The number of carbonyl (C=O) groups excluding carboxylic acids is 2. The molecule has 1 aromatic rings. The van der Waals surface area contributed by atoms with Gasteiger partial charge in [0.25, 0.3) is 11.8 Å². The van der Waals surface area contributed by atoms with Gasteiger partial charge in [0.2, 0.25) is 0 Å². The number of imide groups is 1. The monoisotopic (exact) mass is 260 g/mol. The molecule has 3 rings (SSSR count). The van der Waals surface area contributed by atoms with E-state index in [-0.39, 0.29) is 17.9 Å². The van der Waals surface area contributed by atoms with E-state index in [1.54, 1.807) is 12.1 Å². The number of para-hydroxylation sites is 1. The van der Waals surface area contributed by atoms with Gasteiger partial charge in [0.05, 0.1) is 5.69 Å². The number of rotatable bonds is 2. The summed E-state index contributed by atoms with van der Waals surface area (Å²) >= 11 is 0. The molecule has 100 valence electrons. The largest absolute Gasteiger partial charge is 0.355 e. The molecule has 19 heavy (non-hydrogen) atoms. The molecule has 0 radical (unpaired) electrons. The number of amides is 2. The highest BCUT2D eigenvalue weighted by molar-refractivity contribution is 6.20. The SMILES string of the molecule is CC(N)c1ccccc1N1C(=O)C2CCC(O2)C1=O. The van der Waals surface area contributed by atoms with E-state index >= 15 is 0 Å². The molecule has 0 aliphatic carbocycles. The van der Waals surface area contributed by atoms with E-state index in [2.05, 4.69) is 0 Å². The van der Waals surface area contributed by atoms with Crippen LogP contribution < -0.4 is 10.6 Å². The van der Waals surface area contributed by atoms with Crippen LogP contribution in [0.4, 0.5) is 5.69 Å². The van der Waals surface area contributed by atoms with Crippen LogP contribution in [-0.4, -0.2) is 24.0 Å². The molecular formula is C14H16N2O3. The van der Waals surface area contributed by atoms with Gasteiger partial charge in [-0.1, -0.05) is 18.2 Å². The van der Waals surface area contributed by atoms with E-state index in [4.69, 9.17) is 10.5 Å². The Labute approximate surface area is 111 Å². The molecule has 2 heterocycles. The Morgan fingerprint density at radius 3 is 2.37 bits per heavy atom. The summed E-state index contributed by atoms with van der Waals surface area (Å²) in [5.41, 5.74) is 7.30. The van der Waals surface area contributed by atoms with Gasteiger partial charge in [0, 0.05) is 6.04 Å². The first-order valence-corrected chi connectivity index (χ1v) is 6.47. The van der Waals surface area contributed by atoms with Crippen molar-refractivity contribution < 1.29 is 14.3 Å². The first kappa shape index (κ1) is 12.3. The van der Waals surface area contributed by atoms with Crippen molar-refractivity contribution in [1.29, 1.82) is 0 Å². The zero-order valence-electron chi connectivity index (χ0n) is 10.7. The number of hydrogen-bond donors (Lipinski definition) is 1. The number of morpholine rings is 1. The van der Waals surface area contributed by atoms with Crippen LogP contribution in [0.3, 0.4) is 0 Å². The number of carbonyl (C=O) groups is 2. The minimum Gasteiger partial charge on any atom is -0.355 e. The van der Waals surface area contributed by atoms with Gasteiger partial charge in [-0.15, -0.1) is 0 Å². The summed E-state index contributed by atoms with van der Waals surface area (Å²) in [4.78, 5) is 25.9. The van der Waals surface area contributed by atoms with Crippen molar-refractivity contribution >= 4 is 17.5 Å². The van der Waals surface area contributed by atoms with Gasteiger partial charge in [-0.2, -0.15) is 0 Å². The fourth-order valence-electron chi connectivity index (χ4n) is 2.71. The van der Waals surface area contributed by atoms with Crippen LogP contribution in [0, 0.1) is 0 Å². The van der Waals surface area contributed by atoms with Crippen LogP contribution in [0.1, 0.15) is 31.4 Å². The molecule has 5 nitrogen and oxygen atoms in total. The fraction of sp³-hybridized carbons (Fsp3) is 0.429. The zero-order chi connectivity index (χ0) is 13.6. The summed E-state index contributed by atoms with van der Waals surface area (Å²) in [6, 6.07) is 7.03. The molecule has 0 aromatic heterocycles. The quantitative estimate of drug-likeness (QED) is 0.809. The third-order valence-corrected chi connectivity index (χ3v) is 3.68. The lowest BCUT2D eigenvalue weighted by Gasteiger charge is -2.31. The summed E-state index contributed by atoms with van der Waals surface area (Å²) in [6.07, 6.45) is 0.269. The minimum absolute atomic E-state index is 0.239. The molecule has 2 aliphatic heterocycles. The molecule has 5 heteroatoms. The molecule has 3 unspecified atom stereocenters. The molecule has 2 N–H and O–H groups in total. The lowest BCUT2D eigenvalue weighted by molar-refractivity contribution is -0.146. The maximum absolute atomic E-state index is 12.3. The Bertz CT molecular complexity index is 519. The van der Waals surface area contributed by atoms with Crippen molar-refractivity contribution in [1.82, 2.24) is 0 Å². The standard InChI is InChI=1S/C14H16N2O3/c1-8(15)9-4-2-3-5-10(9)16-13(17)11-6-7-12(19-11)14(16)18/h2-5,8,11-12H,6-7,15H2,1H3. The predicted octanol–water partition coefficient (Wildman–Crippen LogP) is 1.13. The van der Waals surface area contributed by atoms with Gasteiger partial charge >= 0.3 is 0 Å². The van der Waals surface area contributed by atoms with E-state index < -0.39 is 12.2 Å². The van der Waals surface area contributed by atoms with Crippen LogP contribution in [0.5, 0.6) is 0 Å². The first-order valence-electron chi connectivity index (χ1n) is 6.47. The molecule has 3 atom stereocenters. The summed E-state index contributed by atoms with van der Waals surface area (Å²) < 4.78 is 5.40. The number of nitrogens with zero attached hydrogens (tertiary/aromatic N) is 1. The summed E-state index contributed by atoms with van der Waals surface area (Å²) in [7, 11) is 0. The number of hydrogen-bond acceptors (Lipinski definition) is 4. The van der Waals surface area contributed by atoms with Gasteiger partial charge in [0.1, 0.15) is 12.2 Å². The van der Waals surface area contributed by atoms with Gasteiger partial charge in [-0.05, 0) is 31.4 Å². The highest BCUT2D eigenvalue weighted by atomic mass is 16.5. The van der Waals surface area contributed by atoms with Crippen molar-refractivity contribution in [3.05, 3.63) is 29.8 Å². The highest BCUT2D eigenvalue weighted by Gasteiger charge is 2.47. The number of fused-ring (bicyclic) bond motifs is 2. The van der Waals surface area contributed by atoms with E-state index in [1.165, 1.54) is 4.90 Å². The normalized spacial score (nSPS) is 27.8. The number of benzene rings is 1. The molecule has 2 fully saturated rings. The van der Waals surface area contributed by atoms with E-state index in [9.17, 15) is 9.59 Å². The first-order chi connectivity index (χ1) is 9.09. The lowest BCUT2D eigenvalue weighted by Crippen LogP contribution is -2.52. The van der Waals surface area contributed by atoms with Crippen LogP contribution in [-0.2, 0) is 14.3 Å². The second kappa shape index (κ2) is 4.43. The van der Waals surface area contributed by atoms with Gasteiger partial charge in [0.15, 0.2) is 0 Å². The van der Waals surface area contributed by atoms with Crippen LogP contribution in [0.15, 0.2) is 24.3 Å². The zero-order valence-corrected chi connectivity index (χ0v) is 10.7. The lowest BCUT2D eigenvalue weighted by atomic mass is 10.0. The second-order valence-corrected chi connectivity index (χ2v) is 5.05.